The van der Waals surface area contributed by atoms with E-state index in [9.17, 15) is 0 Å². The molecular formula is C55H55N. The fourth-order valence-corrected chi connectivity index (χ4v) is 11.2. The quantitative estimate of drug-likeness (QED) is 0.240. The summed E-state index contributed by atoms with van der Waals surface area (Å²) < 4.78 is 0. The van der Waals surface area contributed by atoms with Gasteiger partial charge in [-0.3, -0.25) is 4.99 Å². The molecule has 7 aliphatic rings. The van der Waals surface area contributed by atoms with Gasteiger partial charge in [0.2, 0.25) is 0 Å². The molecule has 7 atom stereocenters. The lowest BCUT2D eigenvalue weighted by atomic mass is 9.73. The standard InChI is InChI=1S/C55H55N/c1-37-51(46-35-54(40-17-7-3-8-18-40)56-55(36-46)41-19-9-4-10-20-41)34-44-21-11-12-22-47(44)50-30-29-43(32-52(37)50)42-27-25-39-26-28-45(31-38-15-5-2-6-16-38)48-23-13-14-24-49(48)53(39)33-42/h2-3,5-9,12-17,19-20,22-25,27,29-30,32-33,36-37,40,45,48-49,51,54H,4,10-11,18,21,26,28,31,34-35H2,1H3/t37-,40?,45?,48?,49?,51?,54?/m0/s1. The van der Waals surface area contributed by atoms with Gasteiger partial charge < -0.3 is 0 Å². The van der Waals surface area contributed by atoms with E-state index in [0.29, 0.717) is 35.5 Å². The summed E-state index contributed by atoms with van der Waals surface area (Å²) in [6.07, 6.45) is 44.6. The molecule has 1 nitrogen and oxygen atoms in total. The van der Waals surface area contributed by atoms with Crippen LogP contribution in [-0.4, -0.2) is 11.8 Å². The molecule has 3 aromatic rings. The lowest BCUT2D eigenvalue weighted by molar-refractivity contribution is 0.353. The number of aliphatic imine (C=N–C) groups is 1. The maximum absolute atomic E-state index is 5.50. The normalized spacial score (nSPS) is 28.9. The van der Waals surface area contributed by atoms with Gasteiger partial charge in [-0.1, -0.05) is 164 Å². The van der Waals surface area contributed by atoms with Crippen LogP contribution in [0.25, 0.3) is 16.7 Å². The Hall–Kier alpha value is -5.01. The van der Waals surface area contributed by atoms with Crippen LogP contribution >= 0.6 is 0 Å². The van der Waals surface area contributed by atoms with Gasteiger partial charge >= 0.3 is 0 Å². The highest BCUT2D eigenvalue weighted by atomic mass is 14.8. The Bertz CT molecular complexity index is 2310. The van der Waals surface area contributed by atoms with Gasteiger partial charge in [0.1, 0.15) is 0 Å². The Balaban J connectivity index is 1.01. The summed E-state index contributed by atoms with van der Waals surface area (Å²) >= 11 is 0. The summed E-state index contributed by atoms with van der Waals surface area (Å²) in [6.45, 7) is 2.54. The fourth-order valence-electron chi connectivity index (χ4n) is 11.2. The number of hydrogen-bond acceptors (Lipinski definition) is 1. The third kappa shape index (κ3) is 6.89. The zero-order valence-corrected chi connectivity index (χ0v) is 33.0. The van der Waals surface area contributed by atoms with Crippen molar-refractivity contribution >= 4 is 11.3 Å². The van der Waals surface area contributed by atoms with Gasteiger partial charge in [-0.05, 0) is 144 Å². The van der Waals surface area contributed by atoms with Crippen molar-refractivity contribution in [3.8, 4) is 11.1 Å². The number of fused-ring (bicyclic) bond motifs is 5. The molecule has 1 heterocycles. The van der Waals surface area contributed by atoms with Gasteiger partial charge in [-0.2, -0.15) is 0 Å². The molecule has 56 heavy (non-hydrogen) atoms. The Kier molecular flexibility index (Phi) is 9.80. The molecule has 10 rings (SSSR count). The van der Waals surface area contributed by atoms with Crippen LogP contribution in [0.4, 0.5) is 0 Å². The fraction of sp³-hybridized carbons (Fsp3) is 0.327. The first kappa shape index (κ1) is 35.4. The summed E-state index contributed by atoms with van der Waals surface area (Å²) in [5, 5.41) is 0. The van der Waals surface area contributed by atoms with Crippen LogP contribution in [0.5, 0.6) is 0 Å². The molecule has 0 spiro atoms. The molecule has 0 fully saturated rings. The van der Waals surface area contributed by atoms with Gasteiger partial charge in [0.05, 0.1) is 11.8 Å². The third-order valence-electron chi connectivity index (χ3n) is 14.2. The first-order valence-corrected chi connectivity index (χ1v) is 21.7. The number of hydrogen-bond donors (Lipinski definition) is 0. The van der Waals surface area contributed by atoms with Crippen LogP contribution in [0.2, 0.25) is 0 Å². The average Bonchev–Trinajstić information content (AvgIpc) is 3.50. The van der Waals surface area contributed by atoms with E-state index in [1.165, 1.54) is 68.6 Å². The van der Waals surface area contributed by atoms with Crippen molar-refractivity contribution in [3.05, 3.63) is 196 Å². The molecule has 1 heteroatoms. The second-order valence-electron chi connectivity index (χ2n) is 17.5. The average molecular weight is 730 g/mol. The smallest absolute Gasteiger partial charge is 0.0646 e. The number of allylic oxidation sites excluding steroid dienone is 16. The largest absolute Gasteiger partial charge is 0.280 e. The zero-order chi connectivity index (χ0) is 37.4. The Morgan fingerprint density at radius 3 is 2.43 bits per heavy atom. The minimum Gasteiger partial charge on any atom is -0.280 e. The zero-order valence-electron chi connectivity index (χ0n) is 33.0. The highest BCUT2D eigenvalue weighted by Crippen LogP contribution is 2.50. The van der Waals surface area contributed by atoms with E-state index in [2.05, 4.69) is 159 Å². The summed E-state index contributed by atoms with van der Waals surface area (Å²) in [4.78, 5) is 5.50. The number of dihydropyridines is 1. The molecule has 0 saturated heterocycles. The third-order valence-corrected chi connectivity index (χ3v) is 14.2. The van der Waals surface area contributed by atoms with E-state index >= 15 is 0 Å². The van der Waals surface area contributed by atoms with Crippen molar-refractivity contribution < 1.29 is 0 Å². The Morgan fingerprint density at radius 1 is 0.732 bits per heavy atom. The molecule has 3 aromatic carbocycles. The second-order valence-corrected chi connectivity index (χ2v) is 17.5. The van der Waals surface area contributed by atoms with Crippen LogP contribution in [0, 0.1) is 23.7 Å². The predicted octanol–water partition coefficient (Wildman–Crippen LogP) is 13.8. The summed E-state index contributed by atoms with van der Waals surface area (Å²) in [7, 11) is 0. The van der Waals surface area contributed by atoms with Crippen molar-refractivity contribution in [3.63, 3.8) is 0 Å². The predicted molar refractivity (Wildman–Crippen MR) is 237 cm³/mol. The highest BCUT2D eigenvalue weighted by molar-refractivity contribution is 6.11. The van der Waals surface area contributed by atoms with Gasteiger partial charge in [-0.25, -0.2) is 0 Å². The first-order valence-electron chi connectivity index (χ1n) is 21.7. The minimum absolute atomic E-state index is 0.280. The molecule has 280 valence electrons. The van der Waals surface area contributed by atoms with Crippen molar-refractivity contribution in [2.45, 2.75) is 89.0 Å². The lowest BCUT2D eigenvalue weighted by Gasteiger charge is -2.34. The summed E-state index contributed by atoms with van der Waals surface area (Å²) in [5.74, 6) is 2.86. The molecule has 0 radical (unpaired) electrons. The minimum atomic E-state index is 0.280. The van der Waals surface area contributed by atoms with E-state index in [0.717, 1.165) is 51.4 Å². The number of rotatable bonds is 6. The van der Waals surface area contributed by atoms with Crippen molar-refractivity contribution in [1.82, 2.24) is 0 Å². The van der Waals surface area contributed by atoms with Gasteiger partial charge in [0.25, 0.3) is 0 Å². The number of aryl methyl sites for hydroxylation is 1. The second kappa shape index (κ2) is 15.5. The van der Waals surface area contributed by atoms with Gasteiger partial charge in [-0.15, -0.1) is 0 Å². The maximum Gasteiger partial charge on any atom is 0.0646 e. The van der Waals surface area contributed by atoms with E-state index in [-0.39, 0.29) is 6.04 Å². The van der Waals surface area contributed by atoms with Crippen LogP contribution < -0.4 is 0 Å². The molecule has 6 aliphatic carbocycles. The highest BCUT2D eigenvalue weighted by Gasteiger charge is 2.36. The number of nitrogens with zero attached hydrogens (tertiary/aromatic N) is 1. The van der Waals surface area contributed by atoms with E-state index in [1.54, 1.807) is 11.1 Å². The molecule has 0 bridgehead atoms. The molecule has 0 aromatic heterocycles. The molecule has 0 saturated carbocycles. The Labute approximate surface area is 335 Å². The van der Waals surface area contributed by atoms with E-state index in [1.807, 2.05) is 0 Å². The van der Waals surface area contributed by atoms with Crippen molar-refractivity contribution in [2.75, 3.05) is 0 Å². The van der Waals surface area contributed by atoms with Crippen molar-refractivity contribution in [1.29, 1.82) is 0 Å². The summed E-state index contributed by atoms with van der Waals surface area (Å²) in [5.41, 5.74) is 17.5. The SMILES string of the molecule is C[C@@H]1c2cc(-c3ccc4c(c3)C3C=CC=CC3C(Cc3ccccc3)CC4)ccc2C2=C(CCC=C2)CC1C1=CC(C2=CCCC=C2)=NC(C2C=CC=CC2)C1. The van der Waals surface area contributed by atoms with Gasteiger partial charge in [0, 0.05) is 11.8 Å². The molecular weight excluding hydrogens is 675 g/mol. The monoisotopic (exact) mass is 729 g/mol. The maximum atomic E-state index is 5.50. The molecule has 0 N–H and O–H groups in total. The topological polar surface area (TPSA) is 12.4 Å². The van der Waals surface area contributed by atoms with Crippen LogP contribution in [-0.2, 0) is 12.8 Å². The van der Waals surface area contributed by atoms with Crippen LogP contribution in [0.3, 0.4) is 0 Å². The Morgan fingerprint density at radius 2 is 1.57 bits per heavy atom. The van der Waals surface area contributed by atoms with Crippen LogP contribution in [0.1, 0.15) is 97.9 Å². The molecule has 0 amide bonds. The van der Waals surface area contributed by atoms with Crippen LogP contribution in [0.15, 0.2) is 174 Å². The number of benzene rings is 3. The van der Waals surface area contributed by atoms with Gasteiger partial charge in [0.15, 0.2) is 0 Å². The van der Waals surface area contributed by atoms with E-state index in [4.69, 9.17) is 4.99 Å². The summed E-state index contributed by atoms with van der Waals surface area (Å²) in [6, 6.07) is 26.4. The van der Waals surface area contributed by atoms with Crippen molar-refractivity contribution in [2.24, 2.45) is 28.7 Å². The molecule has 1 aliphatic heterocycles. The van der Waals surface area contributed by atoms with E-state index < -0.39 is 0 Å². The lowest BCUT2D eigenvalue weighted by Crippen LogP contribution is -2.27. The first-order chi connectivity index (χ1) is 27.7. The molecule has 6 unspecified atom stereocenters.